The topological polar surface area (TPSA) is 66.9 Å². The van der Waals surface area contributed by atoms with Crippen molar-refractivity contribution in [1.29, 1.82) is 0 Å². The monoisotopic (exact) mass is 358 g/mol. The molecular weight excluding hydrogens is 343 g/mol. The minimum Gasteiger partial charge on any atom is -0.374 e. The maximum absolute atomic E-state index is 12.3. The van der Waals surface area contributed by atoms with E-state index in [0.29, 0.717) is 21.6 Å². The predicted octanol–water partition coefficient (Wildman–Crippen LogP) is 4.24. The molecule has 1 heterocycles. The van der Waals surface area contributed by atoms with Crippen molar-refractivity contribution in [3.05, 3.63) is 33.3 Å². The summed E-state index contributed by atoms with van der Waals surface area (Å²) in [6, 6.07) is 4.77. The van der Waals surface area contributed by atoms with Crippen LogP contribution in [0.3, 0.4) is 0 Å². The molecular formula is C14H16Cl2N4OS. The summed E-state index contributed by atoms with van der Waals surface area (Å²) < 4.78 is 0. The number of nitrogens with one attached hydrogen (secondary N) is 2. The highest BCUT2D eigenvalue weighted by Crippen LogP contribution is 2.25. The highest BCUT2D eigenvalue weighted by Gasteiger charge is 2.18. The summed E-state index contributed by atoms with van der Waals surface area (Å²) in [4.78, 5) is 12.3. The van der Waals surface area contributed by atoms with E-state index in [1.165, 1.54) is 11.3 Å². The van der Waals surface area contributed by atoms with Gasteiger partial charge in [0.15, 0.2) is 0 Å². The van der Waals surface area contributed by atoms with Gasteiger partial charge in [-0.1, -0.05) is 48.4 Å². The van der Waals surface area contributed by atoms with E-state index in [1.54, 1.807) is 18.2 Å². The second-order valence-corrected chi connectivity index (χ2v) is 6.45. The van der Waals surface area contributed by atoms with E-state index in [4.69, 9.17) is 23.2 Å². The average molecular weight is 359 g/mol. The van der Waals surface area contributed by atoms with E-state index in [2.05, 4.69) is 20.8 Å². The fraction of sp³-hybridized carbons (Fsp3) is 0.357. The van der Waals surface area contributed by atoms with Gasteiger partial charge < -0.3 is 5.32 Å². The van der Waals surface area contributed by atoms with Crippen LogP contribution in [-0.2, 0) is 11.2 Å². The third kappa shape index (κ3) is 4.32. The maximum atomic E-state index is 12.3. The van der Waals surface area contributed by atoms with Crippen LogP contribution in [0.25, 0.3) is 0 Å². The number of hydrogen-bond acceptors (Lipinski definition) is 5. The molecule has 1 aromatic heterocycles. The molecule has 5 nitrogen and oxygen atoms in total. The quantitative estimate of drug-likeness (QED) is 0.810. The first-order valence-corrected chi connectivity index (χ1v) is 8.45. The zero-order valence-corrected chi connectivity index (χ0v) is 14.5. The normalized spacial score (nSPS) is 12.0. The number of nitrogens with zero attached hydrogens (tertiary/aromatic N) is 2. The van der Waals surface area contributed by atoms with Gasteiger partial charge in [-0.05, 0) is 31.0 Å². The molecule has 2 N–H and O–H groups in total. The summed E-state index contributed by atoms with van der Waals surface area (Å²) in [5, 5.41) is 16.2. The average Bonchev–Trinajstić information content (AvgIpc) is 2.95. The van der Waals surface area contributed by atoms with Gasteiger partial charge in [0.1, 0.15) is 11.0 Å². The zero-order valence-electron chi connectivity index (χ0n) is 12.2. The summed E-state index contributed by atoms with van der Waals surface area (Å²) >= 11 is 13.2. The number of halogens is 2. The van der Waals surface area contributed by atoms with Gasteiger partial charge in [0.05, 0.1) is 10.0 Å². The molecule has 0 aliphatic carbocycles. The number of hydrogen-bond donors (Lipinski definition) is 2. The van der Waals surface area contributed by atoms with E-state index in [0.717, 1.165) is 17.1 Å². The Morgan fingerprint density at radius 1 is 1.27 bits per heavy atom. The predicted molar refractivity (Wildman–Crippen MR) is 92.1 cm³/mol. The van der Waals surface area contributed by atoms with E-state index in [9.17, 15) is 4.79 Å². The number of anilines is 2. The second-order valence-electron chi connectivity index (χ2n) is 4.58. The van der Waals surface area contributed by atoms with Gasteiger partial charge in [-0.2, -0.15) is 0 Å². The number of aromatic nitrogens is 2. The van der Waals surface area contributed by atoms with Gasteiger partial charge in [-0.25, -0.2) is 0 Å². The highest BCUT2D eigenvalue weighted by molar-refractivity contribution is 7.15. The van der Waals surface area contributed by atoms with Crippen molar-refractivity contribution in [2.24, 2.45) is 0 Å². The third-order valence-electron chi connectivity index (χ3n) is 2.98. The van der Waals surface area contributed by atoms with E-state index >= 15 is 0 Å². The molecule has 2 aromatic rings. The lowest BCUT2D eigenvalue weighted by Gasteiger charge is -2.17. The van der Waals surface area contributed by atoms with Crippen LogP contribution < -0.4 is 10.6 Å². The number of carbonyl (C=O) groups excluding carboxylic acids is 1. The fourth-order valence-corrected chi connectivity index (χ4v) is 2.76. The largest absolute Gasteiger partial charge is 0.374 e. The van der Waals surface area contributed by atoms with Gasteiger partial charge in [0, 0.05) is 5.69 Å². The SMILES string of the molecule is CCc1nnc(NC(=O)[C@@H](CC)Nc2ccc(Cl)c(Cl)c2)s1. The Labute approximate surface area is 143 Å². The van der Waals surface area contributed by atoms with Crippen LogP contribution >= 0.6 is 34.5 Å². The van der Waals surface area contributed by atoms with E-state index in [1.807, 2.05) is 13.8 Å². The molecule has 0 radical (unpaired) electrons. The van der Waals surface area contributed by atoms with Crippen molar-refractivity contribution < 1.29 is 4.79 Å². The number of amides is 1. The van der Waals surface area contributed by atoms with Crippen LogP contribution in [-0.4, -0.2) is 22.1 Å². The summed E-state index contributed by atoms with van der Waals surface area (Å²) in [6.45, 7) is 3.92. The Morgan fingerprint density at radius 2 is 2.05 bits per heavy atom. The minimum atomic E-state index is -0.397. The van der Waals surface area contributed by atoms with Gasteiger partial charge in [-0.15, -0.1) is 10.2 Å². The van der Waals surface area contributed by atoms with Crippen LogP contribution in [0.15, 0.2) is 18.2 Å². The molecule has 0 saturated carbocycles. The number of aryl methyl sites for hydroxylation is 1. The summed E-state index contributed by atoms with van der Waals surface area (Å²) in [7, 11) is 0. The Bertz CT molecular complexity index is 662. The smallest absolute Gasteiger partial charge is 0.248 e. The lowest BCUT2D eigenvalue weighted by atomic mass is 10.2. The standard InChI is InChI=1S/C14H16Cl2N4OS/c1-3-11(17-8-5-6-9(15)10(16)7-8)13(21)18-14-20-19-12(4-2)22-14/h5-7,11,17H,3-4H2,1-2H3,(H,18,20,21)/t11-/m1/s1. The van der Waals surface area contributed by atoms with E-state index < -0.39 is 6.04 Å². The first-order chi connectivity index (χ1) is 10.5. The first kappa shape index (κ1) is 17.0. The number of carbonyl (C=O) groups is 1. The lowest BCUT2D eigenvalue weighted by molar-refractivity contribution is -0.117. The molecule has 8 heteroatoms. The van der Waals surface area contributed by atoms with Gasteiger partial charge in [0.25, 0.3) is 0 Å². The molecule has 0 aliphatic rings. The zero-order chi connectivity index (χ0) is 16.1. The fourth-order valence-electron chi connectivity index (χ4n) is 1.78. The van der Waals surface area contributed by atoms with Crippen molar-refractivity contribution >= 4 is 51.3 Å². The molecule has 0 bridgehead atoms. The van der Waals surface area contributed by atoms with Crippen LogP contribution in [0.5, 0.6) is 0 Å². The number of rotatable bonds is 6. The van der Waals surface area contributed by atoms with Crippen molar-refractivity contribution in [2.75, 3.05) is 10.6 Å². The molecule has 0 saturated heterocycles. The molecule has 1 amide bonds. The first-order valence-electron chi connectivity index (χ1n) is 6.88. The molecule has 118 valence electrons. The van der Waals surface area contributed by atoms with E-state index in [-0.39, 0.29) is 5.91 Å². The van der Waals surface area contributed by atoms with Crippen LogP contribution in [0.2, 0.25) is 10.0 Å². The van der Waals surface area contributed by atoms with Crippen molar-refractivity contribution in [1.82, 2.24) is 10.2 Å². The highest BCUT2D eigenvalue weighted by atomic mass is 35.5. The third-order valence-corrected chi connectivity index (χ3v) is 4.71. The lowest BCUT2D eigenvalue weighted by Crippen LogP contribution is -2.34. The summed E-state index contributed by atoms with van der Waals surface area (Å²) in [6.07, 6.45) is 1.41. The maximum Gasteiger partial charge on any atom is 0.248 e. The Kier molecular flexibility index (Phi) is 5.99. The summed E-state index contributed by atoms with van der Waals surface area (Å²) in [5.74, 6) is -0.160. The molecule has 2 rings (SSSR count). The molecule has 1 aromatic carbocycles. The Hall–Kier alpha value is -1.37. The van der Waals surface area contributed by atoms with Gasteiger partial charge in [-0.3, -0.25) is 10.1 Å². The molecule has 0 fully saturated rings. The second kappa shape index (κ2) is 7.76. The molecule has 22 heavy (non-hydrogen) atoms. The number of benzene rings is 1. The van der Waals surface area contributed by atoms with Gasteiger partial charge in [0.2, 0.25) is 11.0 Å². The summed E-state index contributed by atoms with van der Waals surface area (Å²) in [5.41, 5.74) is 0.739. The van der Waals surface area contributed by atoms with Crippen LogP contribution in [0.1, 0.15) is 25.3 Å². The molecule has 0 unspecified atom stereocenters. The molecule has 0 spiro atoms. The van der Waals surface area contributed by atoms with Crippen molar-refractivity contribution in [3.8, 4) is 0 Å². The van der Waals surface area contributed by atoms with Crippen molar-refractivity contribution in [2.45, 2.75) is 32.7 Å². The molecule has 0 aliphatic heterocycles. The van der Waals surface area contributed by atoms with Crippen LogP contribution in [0.4, 0.5) is 10.8 Å². The Morgan fingerprint density at radius 3 is 2.64 bits per heavy atom. The van der Waals surface area contributed by atoms with Crippen molar-refractivity contribution in [3.63, 3.8) is 0 Å². The Balaban J connectivity index is 2.03. The minimum absolute atomic E-state index is 0.160. The molecule has 1 atom stereocenters. The van der Waals surface area contributed by atoms with Gasteiger partial charge >= 0.3 is 0 Å². The van der Waals surface area contributed by atoms with Crippen LogP contribution in [0, 0.1) is 0 Å².